The molecule has 0 aliphatic heterocycles. The number of hydrogen-bond donors (Lipinski definition) is 0. The van der Waals surface area contributed by atoms with Gasteiger partial charge in [-0.25, -0.2) is 0 Å². The maximum absolute atomic E-state index is 6.25. The van der Waals surface area contributed by atoms with Crippen LogP contribution in [0.25, 0.3) is 0 Å². The van der Waals surface area contributed by atoms with Gasteiger partial charge in [-0.05, 0) is 47.5 Å². The number of ether oxygens (including phenoxy) is 1. The van der Waals surface area contributed by atoms with Gasteiger partial charge in [-0.3, -0.25) is 4.99 Å². The van der Waals surface area contributed by atoms with Crippen LogP contribution in [0.1, 0.15) is 22.3 Å². The number of aliphatic imine (C=N–C) groups is 1. The van der Waals surface area contributed by atoms with Crippen LogP contribution in [0.4, 0.5) is 0 Å². The molecule has 3 rings (SSSR count). The summed E-state index contributed by atoms with van der Waals surface area (Å²) in [4.78, 5) is 4.19. The molecular weight excluding hydrogens is 337 g/mol. The van der Waals surface area contributed by atoms with Gasteiger partial charge in [-0.2, -0.15) is 0 Å². The van der Waals surface area contributed by atoms with Crippen LogP contribution in [0.15, 0.2) is 71.7 Å². The third-order valence-electron chi connectivity index (χ3n) is 4.14. The molecule has 1 atom stereocenters. The maximum Gasteiger partial charge on any atom is 0.130 e. The topological polar surface area (TPSA) is 21.6 Å². The molecule has 3 aromatic carbocycles. The van der Waals surface area contributed by atoms with E-state index in [0.29, 0.717) is 15.2 Å². The summed E-state index contributed by atoms with van der Waals surface area (Å²) in [5, 5.41) is 2.53. The van der Waals surface area contributed by atoms with Crippen molar-refractivity contribution < 1.29 is 4.74 Å². The summed E-state index contributed by atoms with van der Waals surface area (Å²) in [6, 6.07) is 23.2. The smallest absolute Gasteiger partial charge is 0.130 e. The average molecular weight is 361 g/mol. The zero-order chi connectivity index (χ0) is 18.4. The lowest BCUT2D eigenvalue weighted by Gasteiger charge is -2.16. The molecule has 0 bridgehead atoms. The monoisotopic (exact) mass is 361 g/mol. The van der Waals surface area contributed by atoms with Gasteiger partial charge in [-0.15, -0.1) is 0 Å². The third-order valence-corrected chi connectivity index (χ3v) is 5.51. The van der Waals surface area contributed by atoms with E-state index in [1.165, 1.54) is 32.9 Å². The first kappa shape index (κ1) is 18.4. The Labute approximate surface area is 157 Å². The molecular formula is C23H24NOP. The lowest BCUT2D eigenvalue weighted by molar-refractivity contribution is 0.307. The molecule has 0 aliphatic carbocycles. The van der Waals surface area contributed by atoms with E-state index in [4.69, 9.17) is 4.74 Å². The quantitative estimate of drug-likeness (QED) is 0.466. The highest BCUT2D eigenvalue weighted by atomic mass is 31.1. The SMILES string of the molecule is C/N=C/c1ccccc1Pc1cc(C)cc(C)c1OCc1ccccc1. The number of aryl methyl sites for hydroxylation is 2. The van der Waals surface area contributed by atoms with Crippen molar-refractivity contribution in [3.05, 3.63) is 89.0 Å². The summed E-state index contributed by atoms with van der Waals surface area (Å²) >= 11 is 0. The van der Waals surface area contributed by atoms with Gasteiger partial charge in [0.15, 0.2) is 0 Å². The predicted octanol–water partition coefficient (Wildman–Crippen LogP) is 4.56. The van der Waals surface area contributed by atoms with Gasteiger partial charge in [0.1, 0.15) is 12.4 Å². The van der Waals surface area contributed by atoms with Crippen molar-refractivity contribution in [1.82, 2.24) is 0 Å². The van der Waals surface area contributed by atoms with E-state index in [9.17, 15) is 0 Å². The number of hydrogen-bond acceptors (Lipinski definition) is 2. The van der Waals surface area contributed by atoms with E-state index in [0.717, 1.165) is 5.75 Å². The predicted molar refractivity (Wildman–Crippen MR) is 114 cm³/mol. The molecule has 0 aromatic heterocycles. The Morgan fingerprint density at radius 2 is 1.65 bits per heavy atom. The van der Waals surface area contributed by atoms with Crippen molar-refractivity contribution in [3.63, 3.8) is 0 Å². The van der Waals surface area contributed by atoms with Gasteiger partial charge in [0.05, 0.1) is 0 Å². The average Bonchev–Trinajstić information content (AvgIpc) is 2.63. The molecule has 0 saturated carbocycles. The van der Waals surface area contributed by atoms with Crippen molar-refractivity contribution in [2.45, 2.75) is 20.5 Å². The Balaban J connectivity index is 1.91. The first-order valence-corrected chi connectivity index (χ1v) is 9.73. The second-order valence-electron chi connectivity index (χ2n) is 6.33. The largest absolute Gasteiger partial charge is 0.488 e. The summed E-state index contributed by atoms with van der Waals surface area (Å²) in [6.45, 7) is 4.85. The van der Waals surface area contributed by atoms with Gasteiger partial charge in [-0.1, -0.05) is 69.2 Å². The van der Waals surface area contributed by atoms with E-state index < -0.39 is 0 Å². The molecule has 0 N–H and O–H groups in total. The van der Waals surface area contributed by atoms with Crippen molar-refractivity contribution in [2.24, 2.45) is 4.99 Å². The maximum atomic E-state index is 6.25. The summed E-state index contributed by atoms with van der Waals surface area (Å²) < 4.78 is 6.25. The van der Waals surface area contributed by atoms with Gasteiger partial charge < -0.3 is 4.74 Å². The van der Waals surface area contributed by atoms with Crippen molar-refractivity contribution >= 4 is 25.4 Å². The van der Waals surface area contributed by atoms with Crippen LogP contribution in [0, 0.1) is 13.8 Å². The highest BCUT2D eigenvalue weighted by Crippen LogP contribution is 2.26. The minimum atomic E-state index is 0.528. The van der Waals surface area contributed by atoms with Gasteiger partial charge in [0.2, 0.25) is 0 Å². The van der Waals surface area contributed by atoms with Gasteiger partial charge in [0, 0.05) is 18.6 Å². The van der Waals surface area contributed by atoms with Crippen LogP contribution in [0.3, 0.4) is 0 Å². The lowest BCUT2D eigenvalue weighted by atomic mass is 10.1. The third kappa shape index (κ3) is 4.59. The molecule has 3 heteroatoms. The van der Waals surface area contributed by atoms with Crippen molar-refractivity contribution in [3.8, 4) is 5.75 Å². The number of rotatable bonds is 6. The fourth-order valence-electron chi connectivity index (χ4n) is 2.98. The van der Waals surface area contributed by atoms with E-state index in [1.54, 1.807) is 0 Å². The Hall–Kier alpha value is -2.44. The van der Waals surface area contributed by atoms with Crippen molar-refractivity contribution in [1.29, 1.82) is 0 Å². The van der Waals surface area contributed by atoms with Crippen LogP contribution in [-0.4, -0.2) is 13.3 Å². The molecule has 132 valence electrons. The lowest BCUT2D eigenvalue weighted by Crippen LogP contribution is -2.13. The van der Waals surface area contributed by atoms with E-state index in [2.05, 4.69) is 67.4 Å². The number of nitrogens with zero attached hydrogens (tertiary/aromatic N) is 1. The zero-order valence-electron chi connectivity index (χ0n) is 15.5. The van der Waals surface area contributed by atoms with Crippen LogP contribution in [0.5, 0.6) is 5.75 Å². The second-order valence-corrected chi connectivity index (χ2v) is 7.66. The van der Waals surface area contributed by atoms with Gasteiger partial charge >= 0.3 is 0 Å². The molecule has 1 unspecified atom stereocenters. The summed E-state index contributed by atoms with van der Waals surface area (Å²) in [6.07, 6.45) is 1.93. The van der Waals surface area contributed by atoms with Crippen LogP contribution in [0.2, 0.25) is 0 Å². The first-order chi connectivity index (χ1) is 12.7. The molecule has 0 heterocycles. The van der Waals surface area contributed by atoms with E-state index in [1.807, 2.05) is 31.5 Å². The minimum absolute atomic E-state index is 0.528. The Bertz CT molecular complexity index is 903. The highest BCUT2D eigenvalue weighted by molar-refractivity contribution is 7.56. The molecule has 3 aromatic rings. The molecule has 26 heavy (non-hydrogen) atoms. The first-order valence-electron chi connectivity index (χ1n) is 8.73. The van der Waals surface area contributed by atoms with Crippen LogP contribution < -0.4 is 15.3 Å². The van der Waals surface area contributed by atoms with E-state index >= 15 is 0 Å². The molecule has 0 aliphatic rings. The summed E-state index contributed by atoms with van der Waals surface area (Å²) in [7, 11) is 2.34. The number of benzene rings is 3. The summed E-state index contributed by atoms with van der Waals surface area (Å²) in [5.74, 6) is 1.00. The van der Waals surface area contributed by atoms with Crippen LogP contribution in [-0.2, 0) is 6.61 Å². The minimum Gasteiger partial charge on any atom is -0.488 e. The summed E-state index contributed by atoms with van der Waals surface area (Å²) in [5.41, 5.74) is 4.80. The Morgan fingerprint density at radius 1 is 0.923 bits per heavy atom. The molecule has 2 nitrogen and oxygen atoms in total. The van der Waals surface area contributed by atoms with Crippen LogP contribution >= 0.6 is 8.58 Å². The fourth-order valence-corrected chi connectivity index (χ4v) is 4.42. The zero-order valence-corrected chi connectivity index (χ0v) is 16.5. The second kappa shape index (κ2) is 8.78. The molecule has 0 spiro atoms. The fraction of sp³-hybridized carbons (Fsp3) is 0.174. The Morgan fingerprint density at radius 3 is 2.42 bits per heavy atom. The molecule has 0 radical (unpaired) electrons. The molecule has 0 amide bonds. The molecule has 0 saturated heterocycles. The molecule has 0 fully saturated rings. The highest BCUT2D eigenvalue weighted by Gasteiger charge is 2.11. The van der Waals surface area contributed by atoms with E-state index in [-0.39, 0.29) is 0 Å². The van der Waals surface area contributed by atoms with Crippen molar-refractivity contribution in [2.75, 3.05) is 7.05 Å². The standard InChI is InChI=1S/C23H24NOP/c1-17-13-18(2)23(25-16-19-9-5-4-6-10-19)22(14-17)26-21-12-8-7-11-20(21)15-24-3/h4-15,26H,16H2,1-3H3/b24-15+. The Kier molecular flexibility index (Phi) is 6.20. The normalized spacial score (nSPS) is 11.5. The van der Waals surface area contributed by atoms with Gasteiger partial charge in [0.25, 0.3) is 0 Å².